The zero-order chi connectivity index (χ0) is 21.0. The van der Waals surface area contributed by atoms with E-state index in [0.29, 0.717) is 29.1 Å². The van der Waals surface area contributed by atoms with Gasteiger partial charge < -0.3 is 10.6 Å². The Morgan fingerprint density at radius 1 is 1.14 bits per heavy atom. The summed E-state index contributed by atoms with van der Waals surface area (Å²) in [4.78, 5) is 24.0. The minimum atomic E-state index is -0.715. The molecule has 0 aliphatic carbocycles. The number of rotatable bonds is 6. The van der Waals surface area contributed by atoms with E-state index >= 15 is 0 Å². The molecule has 0 saturated carbocycles. The van der Waals surface area contributed by atoms with Gasteiger partial charge in [-0.3, -0.25) is 9.59 Å². The van der Waals surface area contributed by atoms with Crippen LogP contribution in [-0.2, 0) is 11.3 Å². The zero-order valence-corrected chi connectivity index (χ0v) is 16.0. The van der Waals surface area contributed by atoms with Crippen LogP contribution in [0.2, 0.25) is 0 Å². The molecule has 0 aliphatic heterocycles. The lowest BCUT2D eigenvalue weighted by Crippen LogP contribution is -2.23. The molecule has 150 valence electrons. The van der Waals surface area contributed by atoms with Crippen molar-refractivity contribution < 1.29 is 18.4 Å². The maximum absolute atomic E-state index is 13.7. The molecular weight excluding hydrogens is 378 g/mol. The van der Waals surface area contributed by atoms with Gasteiger partial charge in [0, 0.05) is 30.2 Å². The summed E-state index contributed by atoms with van der Waals surface area (Å²) in [5.74, 6) is -1.91. The van der Waals surface area contributed by atoms with Gasteiger partial charge in [-0.25, -0.2) is 13.5 Å². The molecule has 29 heavy (non-hydrogen) atoms. The van der Waals surface area contributed by atoms with E-state index in [4.69, 9.17) is 0 Å². The van der Waals surface area contributed by atoms with Crippen molar-refractivity contribution >= 4 is 17.5 Å². The highest BCUT2D eigenvalue weighted by molar-refractivity contribution is 5.94. The van der Waals surface area contributed by atoms with Crippen LogP contribution in [0.3, 0.4) is 0 Å². The highest BCUT2D eigenvalue weighted by atomic mass is 19.1. The Bertz CT molecular complexity index is 1060. The largest absolute Gasteiger partial charge is 0.348 e. The Morgan fingerprint density at radius 2 is 1.93 bits per heavy atom. The first-order valence-electron chi connectivity index (χ1n) is 9.06. The van der Waals surface area contributed by atoms with Crippen molar-refractivity contribution in [2.75, 3.05) is 5.32 Å². The van der Waals surface area contributed by atoms with Gasteiger partial charge in [-0.15, -0.1) is 0 Å². The third-order valence-electron chi connectivity index (χ3n) is 4.32. The van der Waals surface area contributed by atoms with Gasteiger partial charge in [-0.1, -0.05) is 19.1 Å². The minimum Gasteiger partial charge on any atom is -0.348 e. The molecule has 2 amide bonds. The van der Waals surface area contributed by atoms with E-state index in [9.17, 15) is 18.4 Å². The maximum Gasteiger partial charge on any atom is 0.251 e. The van der Waals surface area contributed by atoms with Crippen molar-refractivity contribution in [2.45, 2.75) is 26.8 Å². The van der Waals surface area contributed by atoms with Crippen molar-refractivity contribution in [1.82, 2.24) is 15.1 Å². The maximum atomic E-state index is 13.7. The number of nitrogens with zero attached hydrogens (tertiary/aromatic N) is 2. The van der Waals surface area contributed by atoms with E-state index < -0.39 is 17.5 Å². The number of carbonyl (C=O) groups is 2. The quantitative estimate of drug-likeness (QED) is 0.664. The molecule has 6 nitrogen and oxygen atoms in total. The fourth-order valence-electron chi connectivity index (χ4n) is 2.69. The first kappa shape index (κ1) is 20.2. The average Bonchev–Trinajstić information content (AvgIpc) is 3.07. The minimum absolute atomic E-state index is 0.0662. The summed E-state index contributed by atoms with van der Waals surface area (Å²) in [6.45, 7) is 3.47. The zero-order valence-electron chi connectivity index (χ0n) is 16.0. The first-order chi connectivity index (χ1) is 13.9. The van der Waals surface area contributed by atoms with E-state index in [2.05, 4.69) is 15.7 Å². The fraction of sp³-hybridized carbons (Fsp3) is 0.190. The van der Waals surface area contributed by atoms with Gasteiger partial charge in [0.15, 0.2) is 0 Å². The molecule has 2 N–H and O–H groups in total. The summed E-state index contributed by atoms with van der Waals surface area (Å²) in [6.07, 6.45) is 2.03. The number of anilines is 1. The number of amides is 2. The third kappa shape index (κ3) is 4.84. The van der Waals surface area contributed by atoms with Crippen molar-refractivity contribution in [2.24, 2.45) is 0 Å². The van der Waals surface area contributed by atoms with E-state index in [0.717, 1.165) is 12.1 Å². The van der Waals surface area contributed by atoms with Crippen LogP contribution in [0, 0.1) is 18.6 Å². The molecule has 0 unspecified atom stereocenters. The summed E-state index contributed by atoms with van der Waals surface area (Å²) < 4.78 is 28.3. The van der Waals surface area contributed by atoms with Crippen LogP contribution in [0.1, 0.15) is 35.0 Å². The van der Waals surface area contributed by atoms with Gasteiger partial charge in [0.1, 0.15) is 11.6 Å². The standard InChI is InChI=1S/C21H20F2N4O2/c1-3-20(28)25-19-12-27(26-13(19)2)17-6-4-5-14(9-17)21(29)24-11-15-7-8-16(22)10-18(15)23/h4-10,12H,3,11H2,1-2H3,(H,24,29)(H,25,28). The Morgan fingerprint density at radius 3 is 2.66 bits per heavy atom. The predicted molar refractivity (Wildman–Crippen MR) is 105 cm³/mol. The topological polar surface area (TPSA) is 76.0 Å². The summed E-state index contributed by atoms with van der Waals surface area (Å²) >= 11 is 0. The van der Waals surface area contributed by atoms with Crippen LogP contribution in [0.15, 0.2) is 48.7 Å². The molecule has 0 atom stereocenters. The number of carbonyl (C=O) groups excluding carboxylic acids is 2. The highest BCUT2D eigenvalue weighted by Gasteiger charge is 2.12. The fourth-order valence-corrected chi connectivity index (χ4v) is 2.69. The van der Waals surface area contributed by atoms with Crippen LogP contribution in [-0.4, -0.2) is 21.6 Å². The number of nitrogens with one attached hydrogen (secondary N) is 2. The summed E-state index contributed by atoms with van der Waals surface area (Å²) in [7, 11) is 0. The molecular formula is C21H20F2N4O2. The molecule has 1 aromatic heterocycles. The molecule has 2 aromatic carbocycles. The monoisotopic (exact) mass is 398 g/mol. The summed E-state index contributed by atoms with van der Waals surface area (Å²) in [6, 6.07) is 9.93. The lowest BCUT2D eigenvalue weighted by molar-refractivity contribution is -0.115. The smallest absolute Gasteiger partial charge is 0.251 e. The van der Waals surface area contributed by atoms with Crippen LogP contribution < -0.4 is 10.6 Å². The van der Waals surface area contributed by atoms with E-state index in [1.807, 2.05) is 0 Å². The second-order valence-electron chi connectivity index (χ2n) is 6.44. The van der Waals surface area contributed by atoms with E-state index in [-0.39, 0.29) is 18.0 Å². The lowest BCUT2D eigenvalue weighted by Gasteiger charge is -2.08. The van der Waals surface area contributed by atoms with E-state index in [1.165, 1.54) is 6.07 Å². The molecule has 1 heterocycles. The number of halogens is 2. The summed E-state index contributed by atoms with van der Waals surface area (Å²) in [5.41, 5.74) is 2.42. The Kier molecular flexibility index (Phi) is 6.01. The van der Waals surface area contributed by atoms with Gasteiger partial charge in [0.2, 0.25) is 5.91 Å². The number of benzene rings is 2. The molecule has 0 spiro atoms. The van der Waals surface area contributed by atoms with Crippen LogP contribution in [0.5, 0.6) is 0 Å². The number of hydrogen-bond acceptors (Lipinski definition) is 3. The molecule has 3 rings (SSSR count). The second-order valence-corrected chi connectivity index (χ2v) is 6.44. The Labute approximate surface area is 166 Å². The second kappa shape index (κ2) is 8.64. The van der Waals surface area contributed by atoms with Crippen LogP contribution >= 0.6 is 0 Å². The predicted octanol–water partition coefficient (Wildman–Crippen LogP) is 3.74. The van der Waals surface area contributed by atoms with Gasteiger partial charge >= 0.3 is 0 Å². The van der Waals surface area contributed by atoms with Gasteiger partial charge in [0.25, 0.3) is 5.91 Å². The average molecular weight is 398 g/mol. The normalized spacial score (nSPS) is 10.6. The SMILES string of the molecule is CCC(=O)Nc1cn(-c2cccc(C(=O)NCc3ccc(F)cc3F)c2)nc1C. The molecule has 0 radical (unpaired) electrons. The molecule has 0 saturated heterocycles. The Hall–Kier alpha value is -3.55. The summed E-state index contributed by atoms with van der Waals surface area (Å²) in [5, 5.41) is 9.76. The molecule has 3 aromatic rings. The molecule has 0 bridgehead atoms. The van der Waals surface area contributed by atoms with Gasteiger partial charge in [-0.05, 0) is 31.2 Å². The van der Waals surface area contributed by atoms with E-state index in [1.54, 1.807) is 49.0 Å². The van der Waals surface area contributed by atoms with Crippen LogP contribution in [0.4, 0.5) is 14.5 Å². The van der Waals surface area contributed by atoms with Gasteiger partial charge in [-0.2, -0.15) is 5.10 Å². The molecule has 0 fully saturated rings. The lowest BCUT2D eigenvalue weighted by atomic mass is 10.1. The molecule has 0 aliphatic rings. The number of aryl methyl sites for hydroxylation is 1. The Balaban J connectivity index is 1.74. The highest BCUT2D eigenvalue weighted by Crippen LogP contribution is 2.18. The number of aromatic nitrogens is 2. The number of hydrogen-bond donors (Lipinski definition) is 2. The van der Waals surface area contributed by atoms with Crippen molar-refractivity contribution in [3.63, 3.8) is 0 Å². The van der Waals surface area contributed by atoms with Crippen molar-refractivity contribution in [1.29, 1.82) is 0 Å². The van der Waals surface area contributed by atoms with Crippen LogP contribution in [0.25, 0.3) is 5.69 Å². The third-order valence-corrected chi connectivity index (χ3v) is 4.32. The first-order valence-corrected chi connectivity index (χ1v) is 9.06. The van der Waals surface area contributed by atoms with Crippen molar-refractivity contribution in [3.8, 4) is 5.69 Å². The molecule has 8 heteroatoms. The van der Waals surface area contributed by atoms with Crippen molar-refractivity contribution in [3.05, 3.63) is 77.1 Å². The van der Waals surface area contributed by atoms with Gasteiger partial charge in [0.05, 0.1) is 23.3 Å².